The molecule has 2 aromatic heterocycles. The Bertz CT molecular complexity index is 4180. The molecule has 0 saturated carbocycles. The number of fused-ring (bicyclic) bond motifs is 6. The molecule has 0 unspecified atom stereocenters. The van der Waals surface area contributed by atoms with Crippen LogP contribution < -0.4 is 0 Å². The molecule has 0 aliphatic rings. The Hall–Kier alpha value is -9.43. The first-order chi connectivity index (χ1) is 35.9. The predicted molar refractivity (Wildman–Crippen MR) is 296 cm³/mol. The van der Waals surface area contributed by atoms with Gasteiger partial charge in [0.05, 0.1) is 50.6 Å². The van der Waals surface area contributed by atoms with Crippen molar-refractivity contribution in [3.63, 3.8) is 0 Å². The van der Waals surface area contributed by atoms with Gasteiger partial charge in [0, 0.05) is 32.7 Å². The molecule has 0 aliphatic heterocycles. The van der Waals surface area contributed by atoms with E-state index in [2.05, 4.69) is 166 Å². The van der Waals surface area contributed by atoms with Crippen molar-refractivity contribution in [1.82, 2.24) is 9.13 Å². The Kier molecular flexibility index (Phi) is 10.9. The summed E-state index contributed by atoms with van der Waals surface area (Å²) in [6.07, 6.45) is -4.85. The molecule has 0 spiro atoms. The molecule has 0 saturated heterocycles. The van der Waals surface area contributed by atoms with E-state index in [1.807, 2.05) is 53.1 Å². The number of rotatable bonds is 7. The van der Waals surface area contributed by atoms with Crippen LogP contribution in [0, 0.1) is 50.4 Å². The first-order valence-electron chi connectivity index (χ1n) is 24.5. The highest BCUT2D eigenvalue weighted by Crippen LogP contribution is 2.48. The molecule has 2 heterocycles. The van der Waals surface area contributed by atoms with Crippen LogP contribution in [0.25, 0.3) is 111 Å². The summed E-state index contributed by atoms with van der Waals surface area (Å²) in [6, 6.07) is 69.7. The molecular formula is C67H45F3N4. The fourth-order valence-electron chi connectivity index (χ4n) is 11.3. The third-order valence-electron chi connectivity index (χ3n) is 14.9. The van der Waals surface area contributed by atoms with Crippen LogP contribution in [-0.4, -0.2) is 9.13 Å². The van der Waals surface area contributed by atoms with E-state index in [9.17, 15) is 10.5 Å². The molecule has 12 rings (SSSR count). The molecule has 74 heavy (non-hydrogen) atoms. The topological polar surface area (TPSA) is 57.4 Å². The number of alkyl halides is 3. The molecule has 7 heteroatoms. The lowest BCUT2D eigenvalue weighted by atomic mass is 9.90. The van der Waals surface area contributed by atoms with Gasteiger partial charge in [-0.15, -0.1) is 0 Å². The van der Waals surface area contributed by atoms with Crippen molar-refractivity contribution in [3.05, 3.63) is 239 Å². The van der Waals surface area contributed by atoms with Crippen LogP contribution in [0.4, 0.5) is 13.2 Å². The number of nitriles is 2. The third-order valence-corrected chi connectivity index (χ3v) is 14.9. The first kappa shape index (κ1) is 45.7. The molecule has 0 amide bonds. The maximum absolute atomic E-state index is 15.6. The number of benzene rings is 10. The standard InChI is InChI=1S/C67H45F3N4/c1-40-14-5-9-19-49(40)44-24-28-53-54-29-25-45(50-20-10-6-15-41(50)2)35-62(54)73(61(53)34-44)60-33-32-57(65-48(38-71)18-13-23-59(65)67(68,69)70)66(58(60)39-72)74-63-36-46(51-21-11-7-16-42(51)3)26-30-55(63)56-31-27-47(37-64(56)74)52-22-12-8-17-43(52)4/h5-37H,1-4H3. The Morgan fingerprint density at radius 1 is 0.378 bits per heavy atom. The second-order valence-corrected chi connectivity index (χ2v) is 19.2. The van der Waals surface area contributed by atoms with Crippen molar-refractivity contribution in [2.45, 2.75) is 33.9 Å². The fraction of sp³-hybridized carbons (Fsp3) is 0.0746. The maximum atomic E-state index is 15.6. The van der Waals surface area contributed by atoms with Crippen LogP contribution in [-0.2, 0) is 6.18 Å². The molecule has 0 N–H and O–H groups in total. The summed E-state index contributed by atoms with van der Waals surface area (Å²) >= 11 is 0. The number of halogens is 3. The summed E-state index contributed by atoms with van der Waals surface area (Å²) in [6.45, 7) is 8.27. The molecule has 0 bridgehead atoms. The van der Waals surface area contributed by atoms with Gasteiger partial charge in [-0.05, 0) is 137 Å². The molecule has 0 fully saturated rings. The number of hydrogen-bond acceptors (Lipinski definition) is 2. The van der Waals surface area contributed by atoms with E-state index in [4.69, 9.17) is 0 Å². The Morgan fingerprint density at radius 2 is 0.757 bits per heavy atom. The minimum Gasteiger partial charge on any atom is -0.308 e. The van der Waals surface area contributed by atoms with E-state index in [1.165, 1.54) is 12.1 Å². The van der Waals surface area contributed by atoms with Gasteiger partial charge in [-0.2, -0.15) is 23.7 Å². The van der Waals surface area contributed by atoms with Crippen LogP contribution in [0.5, 0.6) is 0 Å². The van der Waals surface area contributed by atoms with Crippen LogP contribution in [0.2, 0.25) is 0 Å². The summed E-state index contributed by atoms with van der Waals surface area (Å²) in [5, 5.41) is 26.5. The van der Waals surface area contributed by atoms with E-state index in [0.717, 1.165) is 105 Å². The van der Waals surface area contributed by atoms with Gasteiger partial charge in [-0.3, -0.25) is 0 Å². The lowest BCUT2D eigenvalue weighted by molar-refractivity contribution is -0.137. The van der Waals surface area contributed by atoms with Gasteiger partial charge in [0.2, 0.25) is 0 Å². The number of hydrogen-bond donors (Lipinski definition) is 0. The second-order valence-electron chi connectivity index (χ2n) is 19.2. The van der Waals surface area contributed by atoms with Gasteiger partial charge in [0.15, 0.2) is 0 Å². The quantitative estimate of drug-likeness (QED) is 0.160. The minimum absolute atomic E-state index is 0.0955. The lowest BCUT2D eigenvalue weighted by Crippen LogP contribution is -2.11. The number of nitrogens with zero attached hydrogens (tertiary/aromatic N) is 4. The van der Waals surface area contributed by atoms with E-state index in [1.54, 1.807) is 12.1 Å². The summed E-state index contributed by atoms with van der Waals surface area (Å²) in [7, 11) is 0. The van der Waals surface area contributed by atoms with Gasteiger partial charge in [-0.1, -0.05) is 158 Å². The van der Waals surface area contributed by atoms with E-state index in [-0.39, 0.29) is 27.9 Å². The highest BCUT2D eigenvalue weighted by Gasteiger charge is 2.37. The van der Waals surface area contributed by atoms with E-state index < -0.39 is 11.7 Å². The summed E-state index contributed by atoms with van der Waals surface area (Å²) < 4.78 is 51.0. The zero-order valence-corrected chi connectivity index (χ0v) is 41.0. The number of aryl methyl sites for hydroxylation is 4. The van der Waals surface area contributed by atoms with Crippen molar-refractivity contribution in [2.75, 3.05) is 0 Å². The smallest absolute Gasteiger partial charge is 0.308 e. The largest absolute Gasteiger partial charge is 0.417 e. The lowest BCUT2D eigenvalue weighted by Gasteiger charge is -2.23. The van der Waals surface area contributed by atoms with Crippen LogP contribution in [0.3, 0.4) is 0 Å². The fourth-order valence-corrected chi connectivity index (χ4v) is 11.3. The molecule has 12 aromatic rings. The molecule has 0 aliphatic carbocycles. The Balaban J connectivity index is 1.29. The van der Waals surface area contributed by atoms with Crippen molar-refractivity contribution in [2.24, 2.45) is 0 Å². The summed E-state index contributed by atoms with van der Waals surface area (Å²) in [5.41, 5.74) is 14.6. The maximum Gasteiger partial charge on any atom is 0.417 e. The van der Waals surface area contributed by atoms with E-state index in [0.29, 0.717) is 16.7 Å². The molecule has 0 radical (unpaired) electrons. The average Bonchev–Trinajstić information content (AvgIpc) is 3.91. The van der Waals surface area contributed by atoms with Gasteiger partial charge >= 0.3 is 6.18 Å². The van der Waals surface area contributed by atoms with Crippen molar-refractivity contribution >= 4 is 43.6 Å². The Labute approximate surface area is 426 Å². The monoisotopic (exact) mass is 962 g/mol. The van der Waals surface area contributed by atoms with Crippen molar-refractivity contribution in [3.8, 4) is 79.1 Å². The third kappa shape index (κ3) is 7.36. The molecule has 0 atom stereocenters. The van der Waals surface area contributed by atoms with E-state index >= 15 is 13.2 Å². The van der Waals surface area contributed by atoms with Gasteiger partial charge in [0.25, 0.3) is 0 Å². The summed E-state index contributed by atoms with van der Waals surface area (Å²) in [5.74, 6) is 0. The zero-order chi connectivity index (χ0) is 51.0. The molecule has 4 nitrogen and oxygen atoms in total. The predicted octanol–water partition coefficient (Wildman–Crippen LogP) is 18.2. The zero-order valence-electron chi connectivity index (χ0n) is 41.0. The molecular weight excluding hydrogens is 918 g/mol. The van der Waals surface area contributed by atoms with Gasteiger partial charge < -0.3 is 9.13 Å². The second kappa shape index (κ2) is 17.7. The van der Waals surface area contributed by atoms with Crippen molar-refractivity contribution in [1.29, 1.82) is 10.5 Å². The summed E-state index contributed by atoms with van der Waals surface area (Å²) in [4.78, 5) is 0. The first-order valence-corrected chi connectivity index (χ1v) is 24.5. The normalized spacial score (nSPS) is 11.7. The SMILES string of the molecule is Cc1ccccc1-c1ccc2c3ccc(-c4ccccc4C)cc3n(-c3ccc(-c4c(C#N)cccc4C(F)(F)F)c(-n4c5cc(-c6ccccc6C)ccc5c5ccc(-c6ccccc6C)cc54)c3C#N)c2c1. The average molecular weight is 963 g/mol. The molecule has 354 valence electrons. The molecule has 10 aromatic carbocycles. The minimum atomic E-state index is -4.85. The van der Waals surface area contributed by atoms with Crippen molar-refractivity contribution < 1.29 is 13.2 Å². The highest BCUT2D eigenvalue weighted by atomic mass is 19.4. The number of aromatic nitrogens is 2. The Morgan fingerprint density at radius 3 is 1.11 bits per heavy atom. The van der Waals surface area contributed by atoms with Crippen LogP contribution in [0.15, 0.2) is 200 Å². The highest BCUT2D eigenvalue weighted by molar-refractivity contribution is 6.14. The van der Waals surface area contributed by atoms with Gasteiger partial charge in [0.1, 0.15) is 11.6 Å². The van der Waals surface area contributed by atoms with Crippen LogP contribution in [0.1, 0.15) is 38.9 Å². The van der Waals surface area contributed by atoms with Crippen LogP contribution >= 0.6 is 0 Å². The van der Waals surface area contributed by atoms with Gasteiger partial charge in [-0.25, -0.2) is 0 Å².